The van der Waals surface area contributed by atoms with Crippen LogP contribution in [0.1, 0.15) is 19.3 Å². The highest BCUT2D eigenvalue weighted by molar-refractivity contribution is 8.00. The Hall–Kier alpha value is -0.420. The molecule has 1 fully saturated rings. The molecule has 1 aliphatic carbocycles. The molecule has 1 aromatic rings. The van der Waals surface area contributed by atoms with E-state index in [4.69, 9.17) is 0 Å². The van der Waals surface area contributed by atoms with Crippen molar-refractivity contribution in [1.82, 2.24) is 9.97 Å². The van der Waals surface area contributed by atoms with E-state index in [0.29, 0.717) is 4.75 Å². The van der Waals surface area contributed by atoms with Crippen molar-refractivity contribution in [1.29, 1.82) is 0 Å². The van der Waals surface area contributed by atoms with Crippen LogP contribution in [0.25, 0.3) is 0 Å². The van der Waals surface area contributed by atoms with Gasteiger partial charge in [0.25, 0.3) is 0 Å². The molecular formula is C11H17N3S2. The van der Waals surface area contributed by atoms with Gasteiger partial charge >= 0.3 is 0 Å². The molecule has 2 rings (SSSR count). The quantitative estimate of drug-likeness (QED) is 0.647. The molecule has 3 nitrogen and oxygen atoms in total. The summed E-state index contributed by atoms with van der Waals surface area (Å²) in [5.41, 5.74) is 0. The van der Waals surface area contributed by atoms with Gasteiger partial charge in [-0.25, -0.2) is 9.97 Å². The van der Waals surface area contributed by atoms with Crippen molar-refractivity contribution >= 4 is 29.3 Å². The highest BCUT2D eigenvalue weighted by Crippen LogP contribution is 2.42. The van der Waals surface area contributed by atoms with Crippen LogP contribution in [0.3, 0.4) is 0 Å². The van der Waals surface area contributed by atoms with Gasteiger partial charge in [0, 0.05) is 17.4 Å². The third-order valence-corrected chi connectivity index (χ3v) is 5.20. The van der Waals surface area contributed by atoms with Crippen molar-refractivity contribution in [3.05, 3.63) is 12.4 Å². The van der Waals surface area contributed by atoms with E-state index >= 15 is 0 Å². The summed E-state index contributed by atoms with van der Waals surface area (Å²) in [6, 6.07) is 2.01. The molecule has 0 atom stereocenters. The zero-order valence-electron chi connectivity index (χ0n) is 9.69. The fraction of sp³-hybridized carbons (Fsp3) is 0.636. The van der Waals surface area contributed by atoms with Gasteiger partial charge in [0.05, 0.1) is 0 Å². The molecule has 0 spiro atoms. The number of hydrogen-bond donors (Lipinski definition) is 1. The summed E-state index contributed by atoms with van der Waals surface area (Å²) in [5.74, 6) is 0.944. The number of thioether (sulfide) groups is 2. The summed E-state index contributed by atoms with van der Waals surface area (Å²) in [6.45, 7) is 1.01. The highest BCUT2D eigenvalue weighted by Gasteiger charge is 2.35. The van der Waals surface area contributed by atoms with Gasteiger partial charge < -0.3 is 5.32 Å². The Labute approximate surface area is 105 Å². The molecule has 0 aliphatic heterocycles. The topological polar surface area (TPSA) is 37.8 Å². The van der Waals surface area contributed by atoms with Crippen molar-refractivity contribution in [3.63, 3.8) is 0 Å². The second-order valence-electron chi connectivity index (χ2n) is 4.04. The second-order valence-corrected chi connectivity index (χ2v) is 6.14. The molecule has 88 valence electrons. The summed E-state index contributed by atoms with van der Waals surface area (Å²) < 4.78 is 0.449. The van der Waals surface area contributed by atoms with E-state index in [0.717, 1.165) is 17.4 Å². The minimum Gasteiger partial charge on any atom is -0.369 e. The predicted octanol–water partition coefficient (Wildman–Crippen LogP) is 2.90. The van der Waals surface area contributed by atoms with Gasteiger partial charge in [-0.05, 0) is 25.4 Å². The van der Waals surface area contributed by atoms with Gasteiger partial charge in [0.1, 0.15) is 17.2 Å². The first-order valence-electron chi connectivity index (χ1n) is 5.43. The van der Waals surface area contributed by atoms with Crippen molar-refractivity contribution in [2.75, 3.05) is 24.4 Å². The lowest BCUT2D eigenvalue weighted by atomic mass is 9.84. The van der Waals surface area contributed by atoms with Crippen LogP contribution < -0.4 is 5.32 Å². The zero-order chi connectivity index (χ0) is 11.4. The molecule has 1 N–H and O–H groups in total. The maximum atomic E-state index is 4.24. The Morgan fingerprint density at radius 1 is 1.38 bits per heavy atom. The molecule has 16 heavy (non-hydrogen) atoms. The molecule has 0 bridgehead atoms. The lowest BCUT2D eigenvalue weighted by Crippen LogP contribution is -2.40. The Morgan fingerprint density at radius 2 is 2.19 bits per heavy atom. The van der Waals surface area contributed by atoms with E-state index in [1.54, 1.807) is 18.1 Å². The van der Waals surface area contributed by atoms with E-state index in [-0.39, 0.29) is 0 Å². The van der Waals surface area contributed by atoms with E-state index in [1.165, 1.54) is 19.3 Å². The van der Waals surface area contributed by atoms with Gasteiger partial charge in [0.15, 0.2) is 0 Å². The number of anilines is 1. The van der Waals surface area contributed by atoms with E-state index in [2.05, 4.69) is 21.5 Å². The van der Waals surface area contributed by atoms with Crippen LogP contribution in [0.15, 0.2) is 17.4 Å². The maximum absolute atomic E-state index is 4.24. The van der Waals surface area contributed by atoms with E-state index < -0.39 is 0 Å². The third-order valence-electron chi connectivity index (χ3n) is 3.14. The van der Waals surface area contributed by atoms with E-state index in [9.17, 15) is 0 Å². The van der Waals surface area contributed by atoms with Crippen LogP contribution in [0.4, 0.5) is 5.82 Å². The molecular weight excluding hydrogens is 238 g/mol. The number of rotatable bonds is 5. The monoisotopic (exact) mass is 255 g/mol. The zero-order valence-corrected chi connectivity index (χ0v) is 11.3. The first-order chi connectivity index (χ1) is 7.78. The molecule has 1 heterocycles. The normalized spacial score (nSPS) is 17.9. The van der Waals surface area contributed by atoms with Crippen LogP contribution in [-0.2, 0) is 0 Å². The van der Waals surface area contributed by atoms with Gasteiger partial charge in [0.2, 0.25) is 0 Å². The fourth-order valence-electron chi connectivity index (χ4n) is 1.82. The number of hydrogen-bond acceptors (Lipinski definition) is 5. The Kier molecular flexibility index (Phi) is 3.97. The molecule has 0 unspecified atom stereocenters. The number of nitrogens with zero attached hydrogens (tertiary/aromatic N) is 2. The Bertz CT molecular complexity index is 347. The summed E-state index contributed by atoms with van der Waals surface area (Å²) in [6.07, 6.45) is 9.86. The summed E-state index contributed by atoms with van der Waals surface area (Å²) in [5, 5.41) is 4.45. The lowest BCUT2D eigenvalue weighted by molar-refractivity contribution is 0.379. The van der Waals surface area contributed by atoms with Gasteiger partial charge in [-0.1, -0.05) is 6.42 Å². The van der Waals surface area contributed by atoms with Crippen LogP contribution in [-0.4, -0.2) is 33.8 Å². The highest BCUT2D eigenvalue weighted by atomic mass is 32.2. The average Bonchev–Trinajstić information content (AvgIpc) is 2.29. The number of aromatic nitrogens is 2. The molecule has 0 amide bonds. The van der Waals surface area contributed by atoms with Crippen molar-refractivity contribution in [3.8, 4) is 0 Å². The van der Waals surface area contributed by atoms with Gasteiger partial charge in [-0.15, -0.1) is 11.8 Å². The van der Waals surface area contributed by atoms with Crippen LogP contribution in [0, 0.1) is 0 Å². The van der Waals surface area contributed by atoms with E-state index in [1.807, 2.05) is 24.1 Å². The Balaban J connectivity index is 1.93. The van der Waals surface area contributed by atoms with Crippen LogP contribution in [0.2, 0.25) is 0 Å². The average molecular weight is 255 g/mol. The Morgan fingerprint density at radius 3 is 2.75 bits per heavy atom. The molecule has 1 saturated carbocycles. The standard InChI is InChI=1S/C11H17N3S2/c1-15-10-6-9(13-8-14-10)12-7-11(16-2)4-3-5-11/h6,8H,3-5,7H2,1-2H3,(H,12,13,14). The predicted molar refractivity (Wildman–Crippen MR) is 72.4 cm³/mol. The van der Waals surface area contributed by atoms with Crippen molar-refractivity contribution < 1.29 is 0 Å². The molecule has 0 radical (unpaired) electrons. The summed E-state index contributed by atoms with van der Waals surface area (Å²) in [7, 11) is 0. The minimum absolute atomic E-state index is 0.449. The van der Waals surface area contributed by atoms with Gasteiger partial charge in [-0.3, -0.25) is 0 Å². The lowest BCUT2D eigenvalue weighted by Gasteiger charge is -2.40. The minimum atomic E-state index is 0.449. The molecule has 1 aromatic heterocycles. The summed E-state index contributed by atoms with van der Waals surface area (Å²) >= 11 is 3.62. The van der Waals surface area contributed by atoms with Crippen molar-refractivity contribution in [2.24, 2.45) is 0 Å². The SMILES string of the molecule is CSc1cc(NCC2(SC)CCC2)ncn1. The largest absolute Gasteiger partial charge is 0.369 e. The first-order valence-corrected chi connectivity index (χ1v) is 7.88. The maximum Gasteiger partial charge on any atom is 0.130 e. The number of nitrogens with one attached hydrogen (secondary N) is 1. The van der Waals surface area contributed by atoms with Gasteiger partial charge in [-0.2, -0.15) is 11.8 Å². The van der Waals surface area contributed by atoms with Crippen LogP contribution >= 0.6 is 23.5 Å². The molecule has 5 heteroatoms. The fourth-order valence-corrected chi connectivity index (χ4v) is 3.12. The molecule has 0 saturated heterocycles. The molecule has 1 aliphatic rings. The smallest absolute Gasteiger partial charge is 0.130 e. The van der Waals surface area contributed by atoms with Crippen molar-refractivity contribution in [2.45, 2.75) is 29.0 Å². The second kappa shape index (κ2) is 5.27. The molecule has 0 aromatic carbocycles. The van der Waals surface area contributed by atoms with Crippen LogP contribution in [0.5, 0.6) is 0 Å². The first kappa shape index (κ1) is 12.0. The third kappa shape index (κ3) is 2.63. The summed E-state index contributed by atoms with van der Waals surface area (Å²) in [4.78, 5) is 8.40.